The zero-order chi connectivity index (χ0) is 34.7. The highest BCUT2D eigenvalue weighted by molar-refractivity contribution is 9.10. The molecule has 2 aliphatic heterocycles. The number of amides is 4. The minimum atomic E-state index is -0.623. The van der Waals surface area contributed by atoms with Gasteiger partial charge in [-0.2, -0.15) is 0 Å². The summed E-state index contributed by atoms with van der Waals surface area (Å²) in [7, 11) is 0. The van der Waals surface area contributed by atoms with E-state index in [0.717, 1.165) is 56.5 Å². The average Bonchev–Trinajstić information content (AvgIpc) is 3.47. The van der Waals surface area contributed by atoms with Crippen LogP contribution in [-0.4, -0.2) is 57.0 Å². The molecule has 254 valence electrons. The smallest absolute Gasteiger partial charge is 0.316 e. The van der Waals surface area contributed by atoms with Gasteiger partial charge in [-0.25, -0.2) is 4.79 Å². The monoisotopic (exact) mass is 724 g/mol. The van der Waals surface area contributed by atoms with Gasteiger partial charge >= 0.3 is 6.03 Å². The number of aryl methyl sites for hydroxylation is 1. The van der Waals surface area contributed by atoms with Crippen molar-refractivity contribution in [1.29, 1.82) is 0 Å². The minimum absolute atomic E-state index is 0.0237. The Bertz CT molecular complexity index is 2010. The van der Waals surface area contributed by atoms with E-state index in [1.54, 1.807) is 11.8 Å². The van der Waals surface area contributed by atoms with E-state index in [-0.39, 0.29) is 18.0 Å². The second kappa shape index (κ2) is 14.8. The van der Waals surface area contributed by atoms with Gasteiger partial charge in [-0.15, -0.1) is 10.2 Å². The Balaban J connectivity index is 0.000000197. The van der Waals surface area contributed by atoms with E-state index in [2.05, 4.69) is 84.1 Å². The molecule has 0 bridgehead atoms. The summed E-state index contributed by atoms with van der Waals surface area (Å²) in [6.45, 7) is 8.87. The molecular weight excluding hydrogens is 684 g/mol. The number of nitrogens with zero attached hydrogens (tertiary/aromatic N) is 5. The number of aromatic nitrogens is 3. The second-order valence-corrected chi connectivity index (χ2v) is 13.7. The Hall–Kier alpha value is -4.81. The molecule has 49 heavy (non-hydrogen) atoms. The third kappa shape index (κ3) is 7.45. The summed E-state index contributed by atoms with van der Waals surface area (Å²) >= 11 is 3.42. The molecule has 11 nitrogen and oxygen atoms in total. The van der Waals surface area contributed by atoms with Crippen LogP contribution in [0.1, 0.15) is 62.5 Å². The van der Waals surface area contributed by atoms with Gasteiger partial charge in [-0.3, -0.25) is 18.9 Å². The van der Waals surface area contributed by atoms with Crippen molar-refractivity contribution in [3.05, 3.63) is 88.2 Å². The fourth-order valence-corrected chi connectivity index (χ4v) is 7.44. The van der Waals surface area contributed by atoms with E-state index in [9.17, 15) is 14.4 Å². The predicted molar refractivity (Wildman–Crippen MR) is 196 cm³/mol. The standard InChI is InChI=1S/C24H26N6O.C13H15BrN2O2/c1-16-27-28-23-21(26-24(25)31)14-20-13-19(9-10-22(20)30(16)23)18-7-5-17(6-8-18)15-29-11-3-2-4-12-29;1-8-5-12(15-7-17)11-6-10(14)3-4-13(11)16(8)9(2)18/h5-10,13-14H,2-4,11-12,15H2,1H3,(H3,25,26,31);3-4,6-8,12H,5H2,1-2H3,(H,15,17). The number of benzene rings is 3. The number of likely N-dealkylation sites (tertiary alicyclic amines) is 1. The number of halogens is 1. The van der Waals surface area contributed by atoms with Crippen molar-refractivity contribution in [2.75, 3.05) is 23.3 Å². The van der Waals surface area contributed by atoms with Crippen LogP contribution in [0.4, 0.5) is 16.2 Å². The Morgan fingerprint density at radius 1 is 0.980 bits per heavy atom. The van der Waals surface area contributed by atoms with Crippen molar-refractivity contribution >= 4 is 62.2 Å². The molecule has 0 radical (unpaired) electrons. The average molecular weight is 726 g/mol. The summed E-state index contributed by atoms with van der Waals surface area (Å²) in [5.41, 5.74) is 13.0. The lowest BCUT2D eigenvalue weighted by Gasteiger charge is -2.38. The van der Waals surface area contributed by atoms with Gasteiger partial charge in [0.2, 0.25) is 12.3 Å². The summed E-state index contributed by atoms with van der Waals surface area (Å²) in [5.74, 6) is 0.776. The minimum Gasteiger partial charge on any atom is -0.352 e. The Kier molecular flexibility index (Phi) is 10.3. The lowest BCUT2D eigenvalue weighted by molar-refractivity contribution is -0.117. The third-order valence-corrected chi connectivity index (χ3v) is 9.78. The van der Waals surface area contributed by atoms with Crippen molar-refractivity contribution in [3.63, 3.8) is 0 Å². The topological polar surface area (TPSA) is 138 Å². The van der Waals surface area contributed by atoms with E-state index in [4.69, 9.17) is 5.73 Å². The van der Waals surface area contributed by atoms with E-state index < -0.39 is 6.03 Å². The van der Waals surface area contributed by atoms with Gasteiger partial charge in [0.05, 0.1) is 17.2 Å². The number of hydrogen-bond acceptors (Lipinski definition) is 6. The molecule has 12 heteroatoms. The number of hydrogen-bond donors (Lipinski definition) is 3. The maximum absolute atomic E-state index is 11.7. The first-order valence-electron chi connectivity index (χ1n) is 16.6. The van der Waals surface area contributed by atoms with Crippen molar-refractivity contribution in [2.45, 2.75) is 65.1 Å². The zero-order valence-corrected chi connectivity index (χ0v) is 29.5. The summed E-state index contributed by atoms with van der Waals surface area (Å²) in [6, 6.07) is 22.2. The molecule has 1 saturated heterocycles. The number of urea groups is 1. The third-order valence-electron chi connectivity index (χ3n) is 9.28. The molecule has 3 aromatic carbocycles. The summed E-state index contributed by atoms with van der Waals surface area (Å²) in [4.78, 5) is 38.2. The van der Waals surface area contributed by atoms with Crippen LogP contribution >= 0.6 is 15.9 Å². The number of carbonyl (C=O) groups is 3. The van der Waals surface area contributed by atoms with E-state index in [1.165, 1.54) is 37.9 Å². The van der Waals surface area contributed by atoms with Gasteiger partial charge in [-0.05, 0) is 105 Å². The molecule has 2 unspecified atom stereocenters. The molecule has 4 heterocycles. The van der Waals surface area contributed by atoms with Crippen LogP contribution in [0, 0.1) is 6.92 Å². The highest BCUT2D eigenvalue weighted by Crippen LogP contribution is 2.38. The SMILES string of the molecule is CC(=O)N1c2ccc(Br)cc2C(NC=O)CC1C.Cc1nnc2c(NC(N)=O)cc3cc(-c4ccc(CN5CCCCC5)cc4)ccc3n12. The van der Waals surface area contributed by atoms with E-state index in [0.29, 0.717) is 17.7 Å². The summed E-state index contributed by atoms with van der Waals surface area (Å²) in [6.07, 6.45) is 5.41. The van der Waals surface area contributed by atoms with Gasteiger partial charge in [0.25, 0.3) is 0 Å². The summed E-state index contributed by atoms with van der Waals surface area (Å²) in [5, 5.41) is 14.8. The first kappa shape index (κ1) is 34.1. The van der Waals surface area contributed by atoms with Crippen molar-refractivity contribution in [3.8, 4) is 11.1 Å². The number of anilines is 2. The van der Waals surface area contributed by atoms with Crippen LogP contribution in [0.5, 0.6) is 0 Å². The van der Waals surface area contributed by atoms with E-state index in [1.807, 2.05) is 42.5 Å². The number of carbonyl (C=O) groups excluding carboxylic acids is 3. The highest BCUT2D eigenvalue weighted by atomic mass is 79.9. The predicted octanol–water partition coefficient (Wildman–Crippen LogP) is 6.72. The number of pyridine rings is 1. The number of primary amides is 1. The van der Waals surface area contributed by atoms with Gasteiger partial charge in [0.15, 0.2) is 5.65 Å². The summed E-state index contributed by atoms with van der Waals surface area (Å²) < 4.78 is 2.88. The maximum atomic E-state index is 11.7. The van der Waals surface area contributed by atoms with Gasteiger partial charge < -0.3 is 21.3 Å². The molecular formula is C37H41BrN8O3. The first-order chi connectivity index (χ1) is 23.6. The van der Waals surface area contributed by atoms with Crippen molar-refractivity contribution in [2.24, 2.45) is 5.73 Å². The first-order valence-corrected chi connectivity index (χ1v) is 17.4. The second-order valence-electron chi connectivity index (χ2n) is 12.8. The molecule has 4 N–H and O–H groups in total. The van der Waals surface area contributed by atoms with Crippen LogP contribution in [0.2, 0.25) is 0 Å². The molecule has 7 rings (SSSR count). The quantitative estimate of drug-likeness (QED) is 0.166. The molecule has 2 aromatic heterocycles. The lowest BCUT2D eigenvalue weighted by atomic mass is 9.92. The normalized spacial score (nSPS) is 17.6. The fraction of sp³-hybridized carbons (Fsp3) is 0.324. The van der Waals surface area contributed by atoms with Crippen LogP contribution in [0.3, 0.4) is 0 Å². The highest BCUT2D eigenvalue weighted by Gasteiger charge is 2.32. The molecule has 0 aliphatic carbocycles. The van der Waals surface area contributed by atoms with Gasteiger partial charge in [0.1, 0.15) is 5.82 Å². The fourth-order valence-electron chi connectivity index (χ4n) is 7.06. The Labute approximate surface area is 294 Å². The lowest BCUT2D eigenvalue weighted by Crippen LogP contribution is -2.44. The number of piperidine rings is 1. The molecule has 2 atom stereocenters. The number of nitrogens with one attached hydrogen (secondary N) is 2. The van der Waals surface area contributed by atoms with Crippen LogP contribution in [0.15, 0.2) is 71.2 Å². The Morgan fingerprint density at radius 3 is 2.41 bits per heavy atom. The van der Waals surface area contributed by atoms with Gasteiger partial charge in [-0.1, -0.05) is 52.7 Å². The largest absolute Gasteiger partial charge is 0.352 e. The van der Waals surface area contributed by atoms with Gasteiger partial charge in [0, 0.05) is 35.1 Å². The molecule has 4 amide bonds. The van der Waals surface area contributed by atoms with Crippen LogP contribution in [0.25, 0.3) is 27.7 Å². The molecule has 0 spiro atoms. The van der Waals surface area contributed by atoms with E-state index >= 15 is 0 Å². The van der Waals surface area contributed by atoms with Crippen molar-refractivity contribution in [1.82, 2.24) is 24.8 Å². The molecule has 0 saturated carbocycles. The maximum Gasteiger partial charge on any atom is 0.316 e. The number of rotatable bonds is 6. The van der Waals surface area contributed by atoms with Crippen molar-refractivity contribution < 1.29 is 14.4 Å². The van der Waals surface area contributed by atoms with Crippen LogP contribution in [-0.2, 0) is 16.1 Å². The number of fused-ring (bicyclic) bond motifs is 4. The number of nitrogens with two attached hydrogens (primary N) is 1. The molecule has 2 aliphatic rings. The zero-order valence-electron chi connectivity index (χ0n) is 27.9. The Morgan fingerprint density at radius 2 is 1.71 bits per heavy atom. The van der Waals surface area contributed by atoms with Crippen LogP contribution < -0.4 is 21.3 Å². The molecule has 5 aromatic rings. The molecule has 1 fully saturated rings.